The van der Waals surface area contributed by atoms with E-state index in [1.807, 2.05) is 298 Å². The van der Waals surface area contributed by atoms with Crippen molar-refractivity contribution in [3.05, 3.63) is 381 Å². The number of ketones is 4. The SMILES string of the molecule is CC(=O)C(C)Oc1c(Cl)cccc1COc1ccc(OCc2ccc3ccccc3n2)cc1.CC(=O)C(C)Oc1c(Cl)cccc1COc1cccc(OCc2ccc3ccccc3n2)c1.CC(=O)C(CC(C)C)Oc1c(Cl)cccc1COc1cccc(OCc2ccc3ccccc3n2)c1.CCCC(Oc1c(Cl)cccc1COc1cccc(OCc2ccc3ccccc3n2)c1)C(C)=O. The number of hydrogen-bond acceptors (Lipinski definition) is 20. The lowest BCUT2D eigenvalue weighted by atomic mass is 10.0. The molecule has 0 aliphatic carbocycles. The zero-order valence-corrected chi connectivity index (χ0v) is 80.5. The van der Waals surface area contributed by atoms with E-state index < -0.39 is 24.4 Å². The van der Waals surface area contributed by atoms with E-state index in [0.717, 1.165) is 101 Å². The summed E-state index contributed by atoms with van der Waals surface area (Å²) in [5, 5.41) is 6.17. The maximum atomic E-state index is 12.1. The van der Waals surface area contributed by atoms with E-state index in [0.29, 0.717) is 129 Å². The highest BCUT2D eigenvalue weighted by Crippen LogP contribution is 2.38. The Bertz CT molecular complexity index is 6780. The van der Waals surface area contributed by atoms with Crippen molar-refractivity contribution < 1.29 is 76.0 Å². The molecule has 0 aliphatic heterocycles. The lowest BCUT2D eigenvalue weighted by Crippen LogP contribution is -2.27. The van der Waals surface area contributed by atoms with E-state index >= 15 is 0 Å². The first-order valence-electron chi connectivity index (χ1n) is 45.0. The molecule has 12 aromatic carbocycles. The second-order valence-electron chi connectivity index (χ2n) is 32.7. The minimum atomic E-state index is -0.593. The van der Waals surface area contributed by atoms with Gasteiger partial charge in [0.2, 0.25) is 0 Å². The lowest BCUT2D eigenvalue weighted by Gasteiger charge is -2.21. The van der Waals surface area contributed by atoms with E-state index in [9.17, 15) is 19.2 Å². The second-order valence-corrected chi connectivity index (χ2v) is 34.3. The van der Waals surface area contributed by atoms with Gasteiger partial charge < -0.3 is 56.8 Å². The summed E-state index contributed by atoms with van der Waals surface area (Å²) in [6, 6.07) is 99.5. The molecule has 16 aromatic rings. The Balaban J connectivity index is 0.000000154. The molecule has 20 nitrogen and oxygen atoms in total. The van der Waals surface area contributed by atoms with Crippen LogP contribution in [0.25, 0.3) is 43.6 Å². The summed E-state index contributed by atoms with van der Waals surface area (Å²) in [5.74, 6) is 7.37. The van der Waals surface area contributed by atoms with Gasteiger partial charge in [0, 0.05) is 62.0 Å². The molecule has 0 radical (unpaired) electrons. The quantitative estimate of drug-likeness (QED) is 0.0347. The number of para-hydroxylation sites is 8. The molecule has 702 valence electrons. The van der Waals surface area contributed by atoms with Crippen LogP contribution in [0.4, 0.5) is 0 Å². The molecule has 16 rings (SSSR count). The fourth-order valence-corrected chi connectivity index (χ4v) is 14.9. The van der Waals surface area contributed by atoms with Crippen LogP contribution in [0.5, 0.6) is 69.0 Å². The number of carbonyl (C=O) groups excluding carboxylic acids is 4. The van der Waals surface area contributed by atoms with Crippen LogP contribution < -0.4 is 56.8 Å². The Kier molecular flexibility index (Phi) is 36.8. The van der Waals surface area contributed by atoms with Gasteiger partial charge in [0.15, 0.2) is 47.5 Å². The highest BCUT2D eigenvalue weighted by molar-refractivity contribution is 6.33. The normalized spacial score (nSPS) is 11.8. The van der Waals surface area contributed by atoms with Gasteiger partial charge in [-0.1, -0.05) is 237 Å². The van der Waals surface area contributed by atoms with Crippen LogP contribution in [-0.4, -0.2) is 67.5 Å². The second kappa shape index (κ2) is 50.3. The highest BCUT2D eigenvalue weighted by Gasteiger charge is 2.25. The summed E-state index contributed by atoms with van der Waals surface area (Å²) in [7, 11) is 0. The third-order valence-electron chi connectivity index (χ3n) is 21.6. The molecular formula is C113H106Cl4N4O16. The van der Waals surface area contributed by atoms with Gasteiger partial charge in [-0.15, -0.1) is 0 Å². The van der Waals surface area contributed by atoms with Crippen molar-refractivity contribution in [1.29, 1.82) is 0 Å². The third kappa shape index (κ3) is 30.1. The van der Waals surface area contributed by atoms with Crippen LogP contribution in [0.2, 0.25) is 20.1 Å². The number of halogens is 4. The summed E-state index contributed by atoms with van der Waals surface area (Å²) in [5.41, 5.74) is 10.2. The van der Waals surface area contributed by atoms with Crippen molar-refractivity contribution in [3.8, 4) is 69.0 Å². The largest absolute Gasteiger partial charge is 0.489 e. The van der Waals surface area contributed by atoms with E-state index in [1.54, 1.807) is 45.0 Å². The molecule has 0 aliphatic rings. The minimum absolute atomic E-state index is 0.0237. The van der Waals surface area contributed by atoms with Gasteiger partial charge in [0.25, 0.3) is 0 Å². The van der Waals surface area contributed by atoms with Gasteiger partial charge in [-0.25, -0.2) is 19.9 Å². The number of nitrogens with zero attached hydrogens (tertiary/aromatic N) is 4. The molecule has 4 aromatic heterocycles. The maximum absolute atomic E-state index is 12.1. The summed E-state index contributed by atoms with van der Waals surface area (Å²) in [4.78, 5) is 65.9. The van der Waals surface area contributed by atoms with Gasteiger partial charge in [-0.2, -0.15) is 0 Å². The van der Waals surface area contributed by atoms with E-state index in [-0.39, 0.29) is 49.6 Å². The first-order chi connectivity index (χ1) is 66.4. The Morgan fingerprint density at radius 1 is 0.263 bits per heavy atom. The van der Waals surface area contributed by atoms with Gasteiger partial charge in [-0.05, 0) is 194 Å². The van der Waals surface area contributed by atoms with Crippen molar-refractivity contribution in [3.63, 3.8) is 0 Å². The third-order valence-corrected chi connectivity index (χ3v) is 22.8. The zero-order chi connectivity index (χ0) is 96.5. The van der Waals surface area contributed by atoms with E-state index in [2.05, 4.69) is 33.8 Å². The Labute approximate surface area is 817 Å². The number of hydrogen-bond donors (Lipinski definition) is 0. The van der Waals surface area contributed by atoms with Crippen molar-refractivity contribution in [2.24, 2.45) is 5.92 Å². The number of fused-ring (bicyclic) bond motifs is 4. The molecule has 4 heterocycles. The van der Waals surface area contributed by atoms with Crippen molar-refractivity contribution in [1.82, 2.24) is 19.9 Å². The van der Waals surface area contributed by atoms with Crippen LogP contribution in [-0.2, 0) is 72.0 Å². The van der Waals surface area contributed by atoms with Crippen LogP contribution in [0.3, 0.4) is 0 Å². The van der Waals surface area contributed by atoms with Crippen molar-refractivity contribution >= 4 is 113 Å². The molecule has 0 fully saturated rings. The van der Waals surface area contributed by atoms with Crippen LogP contribution >= 0.6 is 46.4 Å². The fourth-order valence-electron chi connectivity index (χ4n) is 14.0. The molecule has 4 atom stereocenters. The van der Waals surface area contributed by atoms with E-state index in [1.165, 1.54) is 20.8 Å². The molecule has 0 amide bonds. The topological polar surface area (TPSA) is 231 Å². The molecule has 0 saturated heterocycles. The fraction of sp³-hybridized carbons (Fsp3) is 0.221. The zero-order valence-electron chi connectivity index (χ0n) is 77.5. The average molecular weight is 1920 g/mol. The monoisotopic (exact) mass is 1910 g/mol. The van der Waals surface area contributed by atoms with Gasteiger partial charge in [-0.3, -0.25) is 19.2 Å². The Morgan fingerprint density at radius 2 is 0.511 bits per heavy atom. The van der Waals surface area contributed by atoms with Crippen LogP contribution in [0.1, 0.15) is 127 Å². The Morgan fingerprint density at radius 3 is 0.781 bits per heavy atom. The highest BCUT2D eigenvalue weighted by atomic mass is 35.5. The lowest BCUT2D eigenvalue weighted by molar-refractivity contribution is -0.124. The number of Topliss-reactive ketones (excluding diaryl/α,β-unsaturated/α-hetero) is 4. The molecule has 0 spiro atoms. The van der Waals surface area contributed by atoms with Crippen molar-refractivity contribution in [2.45, 2.75) is 159 Å². The van der Waals surface area contributed by atoms with Gasteiger partial charge in [0.1, 0.15) is 122 Å². The predicted molar refractivity (Wildman–Crippen MR) is 539 cm³/mol. The van der Waals surface area contributed by atoms with Crippen LogP contribution in [0.15, 0.2) is 315 Å². The molecule has 0 N–H and O–H groups in total. The molecule has 0 saturated carbocycles. The average Bonchev–Trinajstić information content (AvgIpc) is 0.910. The number of pyridine rings is 4. The number of rotatable bonds is 40. The smallest absolute Gasteiger partial charge is 0.170 e. The number of ether oxygens (including phenoxy) is 12. The standard InChI is InChI=1S/C30H30ClNO4.C29H28ClNO4.2C27H24ClNO4/c1-20(2)16-29(21(3)33)36-30-23(9-6-12-27(30)31)18-34-25-10-7-11-26(17-25)35-19-24-15-14-22-8-4-5-13-28(22)32-24;1-3-8-28(20(2)32)35-29-22(10-6-13-26(29)30)18-33-24-11-7-12-25(17-24)34-19-23-16-15-21-9-4-5-14-27(21)31-23;1-18(30)19(2)33-27-21(8-5-11-25(27)28)16-31-23-9-6-10-24(15-23)32-17-22-14-13-20-7-3-4-12-26(20)29-22;1-18(30)19(2)33-27-21(7-5-8-25(27)28)16-31-23-12-14-24(15-13-23)32-17-22-11-10-20-6-3-4-9-26(20)29-22/h4-15,17,20,29H,16,18-19H2,1-3H3;4-7,9-17,28H,3,8,18-19H2,1-2H3;2*3-15,19H,16-17H2,1-2H3. The molecule has 24 heteroatoms. The predicted octanol–water partition coefficient (Wildman–Crippen LogP) is 27.4. The molecule has 4 unspecified atom stereocenters. The molecule has 0 bridgehead atoms. The number of aromatic nitrogens is 4. The summed E-state index contributed by atoms with van der Waals surface area (Å²) in [6.07, 6.45) is -0.176. The number of carbonyl (C=O) groups is 4. The number of benzene rings is 12. The maximum Gasteiger partial charge on any atom is 0.170 e. The summed E-state index contributed by atoms with van der Waals surface area (Å²) in [6.45, 7) is 17.9. The summed E-state index contributed by atoms with van der Waals surface area (Å²) < 4.78 is 71.3. The summed E-state index contributed by atoms with van der Waals surface area (Å²) >= 11 is 25.4. The van der Waals surface area contributed by atoms with Gasteiger partial charge >= 0.3 is 0 Å². The van der Waals surface area contributed by atoms with Crippen LogP contribution in [0, 0.1) is 5.92 Å². The molecule has 137 heavy (non-hydrogen) atoms. The minimum Gasteiger partial charge on any atom is -0.489 e. The Hall–Kier alpha value is -14.3. The first kappa shape index (κ1) is 100. The van der Waals surface area contributed by atoms with Crippen molar-refractivity contribution in [2.75, 3.05) is 0 Å². The van der Waals surface area contributed by atoms with E-state index in [4.69, 9.17) is 103 Å². The first-order valence-corrected chi connectivity index (χ1v) is 46.5. The molecular weight excluding hydrogens is 1810 g/mol. The van der Waals surface area contributed by atoms with Gasteiger partial charge in [0.05, 0.1) is 64.9 Å².